The first-order valence-electron chi connectivity index (χ1n) is 5.96. The van der Waals surface area contributed by atoms with Gasteiger partial charge >= 0.3 is 0 Å². The Morgan fingerprint density at radius 3 is 2.33 bits per heavy atom. The van der Waals surface area contributed by atoms with Crippen LogP contribution in [-0.4, -0.2) is 34.1 Å². The molecule has 0 aliphatic heterocycles. The molecule has 0 bridgehead atoms. The summed E-state index contributed by atoms with van der Waals surface area (Å²) in [6, 6.07) is 0. The molecule has 0 aromatic carbocycles. The Labute approximate surface area is 92.1 Å². The fraction of sp³-hybridized carbons (Fsp3) is 1.00. The quantitative estimate of drug-likeness (QED) is 0.649. The van der Waals surface area contributed by atoms with Gasteiger partial charge in [-0.1, -0.05) is 13.8 Å². The van der Waals surface area contributed by atoms with E-state index < -0.39 is 5.60 Å². The minimum atomic E-state index is -0.753. The summed E-state index contributed by atoms with van der Waals surface area (Å²) in [5.41, 5.74) is -1.14. The summed E-state index contributed by atoms with van der Waals surface area (Å²) in [5, 5.41) is 29.1. The third kappa shape index (κ3) is 2.05. The molecule has 0 amide bonds. The molecule has 0 heterocycles. The van der Waals surface area contributed by atoms with Gasteiger partial charge in [0.05, 0.1) is 12.2 Å². The van der Waals surface area contributed by atoms with Crippen LogP contribution < -0.4 is 0 Å². The minimum Gasteiger partial charge on any atom is -0.396 e. The molecule has 3 N–H and O–H groups in total. The average molecular weight is 216 g/mol. The molecule has 3 nitrogen and oxygen atoms in total. The standard InChI is InChI=1S/C12H24O3/c1-10(2)12(15)7-3-5-11(12,9-14)6-4-8-13/h10,13-15H,3-9H2,1-2H3/t11-,12-/m0/s1. The second-order valence-electron chi connectivity index (χ2n) is 5.20. The summed E-state index contributed by atoms with van der Waals surface area (Å²) in [6.45, 7) is 4.18. The Morgan fingerprint density at radius 2 is 1.87 bits per heavy atom. The van der Waals surface area contributed by atoms with E-state index in [4.69, 9.17) is 5.11 Å². The zero-order valence-electron chi connectivity index (χ0n) is 9.87. The van der Waals surface area contributed by atoms with Crippen molar-refractivity contribution in [2.24, 2.45) is 11.3 Å². The normalized spacial score (nSPS) is 36.4. The molecular formula is C12H24O3. The van der Waals surface area contributed by atoms with Crippen molar-refractivity contribution in [1.29, 1.82) is 0 Å². The molecule has 15 heavy (non-hydrogen) atoms. The minimum absolute atomic E-state index is 0.0294. The van der Waals surface area contributed by atoms with Crippen LogP contribution >= 0.6 is 0 Å². The third-order valence-corrected chi connectivity index (χ3v) is 4.20. The first-order valence-corrected chi connectivity index (χ1v) is 5.96. The van der Waals surface area contributed by atoms with Crippen LogP contribution in [-0.2, 0) is 0 Å². The fourth-order valence-corrected chi connectivity index (χ4v) is 3.13. The Hall–Kier alpha value is -0.120. The monoisotopic (exact) mass is 216 g/mol. The molecule has 0 saturated heterocycles. The molecule has 0 radical (unpaired) electrons. The second kappa shape index (κ2) is 4.81. The van der Waals surface area contributed by atoms with Crippen LogP contribution in [0, 0.1) is 11.3 Å². The molecule has 1 fully saturated rings. The summed E-state index contributed by atoms with van der Waals surface area (Å²) >= 11 is 0. The van der Waals surface area contributed by atoms with Crippen molar-refractivity contribution >= 4 is 0 Å². The topological polar surface area (TPSA) is 60.7 Å². The molecule has 0 spiro atoms. The number of hydrogen-bond acceptors (Lipinski definition) is 3. The number of aliphatic hydroxyl groups excluding tert-OH is 2. The van der Waals surface area contributed by atoms with Gasteiger partial charge in [0, 0.05) is 12.0 Å². The van der Waals surface area contributed by atoms with E-state index in [1.165, 1.54) is 0 Å². The van der Waals surface area contributed by atoms with Crippen molar-refractivity contribution in [2.45, 2.75) is 51.6 Å². The molecule has 1 aliphatic rings. The first kappa shape index (κ1) is 12.9. The largest absolute Gasteiger partial charge is 0.396 e. The highest BCUT2D eigenvalue weighted by Crippen LogP contribution is 2.52. The Kier molecular flexibility index (Phi) is 4.15. The maximum Gasteiger partial charge on any atom is 0.0748 e. The van der Waals surface area contributed by atoms with Crippen LogP contribution in [0.25, 0.3) is 0 Å². The maximum absolute atomic E-state index is 10.7. The predicted molar refractivity (Wildman–Crippen MR) is 59.5 cm³/mol. The van der Waals surface area contributed by atoms with Gasteiger partial charge in [0.25, 0.3) is 0 Å². The molecular weight excluding hydrogens is 192 g/mol. The maximum atomic E-state index is 10.7. The lowest BCUT2D eigenvalue weighted by Crippen LogP contribution is -2.50. The van der Waals surface area contributed by atoms with Gasteiger partial charge in [-0.25, -0.2) is 0 Å². The third-order valence-electron chi connectivity index (χ3n) is 4.20. The number of rotatable bonds is 5. The Balaban J connectivity index is 2.85. The Bertz CT molecular complexity index is 205. The highest BCUT2D eigenvalue weighted by molar-refractivity contribution is 5.05. The number of aliphatic hydroxyl groups is 3. The van der Waals surface area contributed by atoms with E-state index in [-0.39, 0.29) is 24.5 Å². The van der Waals surface area contributed by atoms with Crippen molar-refractivity contribution in [1.82, 2.24) is 0 Å². The van der Waals surface area contributed by atoms with Crippen LogP contribution in [0.3, 0.4) is 0 Å². The van der Waals surface area contributed by atoms with Crippen LogP contribution in [0.15, 0.2) is 0 Å². The van der Waals surface area contributed by atoms with Crippen LogP contribution in [0.2, 0.25) is 0 Å². The summed E-state index contributed by atoms with van der Waals surface area (Å²) in [6.07, 6.45) is 4.00. The van der Waals surface area contributed by atoms with E-state index in [2.05, 4.69) is 0 Å². The fourth-order valence-electron chi connectivity index (χ4n) is 3.13. The summed E-state index contributed by atoms with van der Waals surface area (Å²) in [4.78, 5) is 0. The van der Waals surface area contributed by atoms with Crippen molar-refractivity contribution in [3.8, 4) is 0 Å². The van der Waals surface area contributed by atoms with Crippen molar-refractivity contribution in [3.63, 3.8) is 0 Å². The molecule has 3 heteroatoms. The number of hydrogen-bond donors (Lipinski definition) is 3. The van der Waals surface area contributed by atoms with E-state index in [1.54, 1.807) is 0 Å². The van der Waals surface area contributed by atoms with Crippen molar-refractivity contribution in [3.05, 3.63) is 0 Å². The molecule has 2 atom stereocenters. The van der Waals surface area contributed by atoms with Crippen LogP contribution in [0.4, 0.5) is 0 Å². The lowest BCUT2D eigenvalue weighted by Gasteiger charge is -2.44. The molecule has 1 aliphatic carbocycles. The second-order valence-corrected chi connectivity index (χ2v) is 5.20. The first-order chi connectivity index (χ1) is 7.02. The summed E-state index contributed by atoms with van der Waals surface area (Å²) in [7, 11) is 0. The van der Waals surface area contributed by atoms with Crippen molar-refractivity contribution in [2.75, 3.05) is 13.2 Å². The molecule has 1 saturated carbocycles. The van der Waals surface area contributed by atoms with E-state index in [0.717, 1.165) is 19.3 Å². The van der Waals surface area contributed by atoms with Crippen molar-refractivity contribution < 1.29 is 15.3 Å². The van der Waals surface area contributed by atoms with E-state index in [9.17, 15) is 10.2 Å². The van der Waals surface area contributed by atoms with Gasteiger partial charge in [0.15, 0.2) is 0 Å². The summed E-state index contributed by atoms with van der Waals surface area (Å²) < 4.78 is 0. The van der Waals surface area contributed by atoms with E-state index >= 15 is 0 Å². The average Bonchev–Trinajstić information content (AvgIpc) is 2.55. The zero-order chi connectivity index (χ0) is 11.5. The SMILES string of the molecule is CC(C)[C@@]1(O)CCC[C@@]1(CO)CCCO. The molecule has 1 rings (SSSR count). The smallest absolute Gasteiger partial charge is 0.0748 e. The van der Waals surface area contributed by atoms with Gasteiger partial charge in [0.1, 0.15) is 0 Å². The van der Waals surface area contributed by atoms with Gasteiger partial charge in [-0.3, -0.25) is 0 Å². The predicted octanol–water partition coefficient (Wildman–Crippen LogP) is 1.31. The van der Waals surface area contributed by atoms with Crippen LogP contribution in [0.5, 0.6) is 0 Å². The van der Waals surface area contributed by atoms with Gasteiger partial charge in [-0.2, -0.15) is 0 Å². The van der Waals surface area contributed by atoms with E-state index in [1.807, 2.05) is 13.8 Å². The Morgan fingerprint density at radius 1 is 1.20 bits per heavy atom. The van der Waals surface area contributed by atoms with Gasteiger partial charge in [-0.15, -0.1) is 0 Å². The molecule has 90 valence electrons. The van der Waals surface area contributed by atoms with E-state index in [0.29, 0.717) is 12.8 Å². The zero-order valence-corrected chi connectivity index (χ0v) is 9.87. The highest BCUT2D eigenvalue weighted by atomic mass is 16.3. The lowest BCUT2D eigenvalue weighted by atomic mass is 9.67. The molecule has 0 aromatic rings. The molecule has 0 aromatic heterocycles. The van der Waals surface area contributed by atoms with Crippen LogP contribution in [0.1, 0.15) is 46.0 Å². The highest BCUT2D eigenvalue weighted by Gasteiger charge is 2.54. The lowest BCUT2D eigenvalue weighted by molar-refractivity contribution is -0.123. The van der Waals surface area contributed by atoms with Gasteiger partial charge in [0.2, 0.25) is 0 Å². The van der Waals surface area contributed by atoms with Gasteiger partial charge < -0.3 is 15.3 Å². The summed E-state index contributed by atoms with van der Waals surface area (Å²) in [5.74, 6) is 0.158. The van der Waals surface area contributed by atoms with Gasteiger partial charge in [-0.05, 0) is 38.0 Å². The molecule has 0 unspecified atom stereocenters.